The number of aliphatic hydroxyl groups excluding tert-OH is 1. The lowest BCUT2D eigenvalue weighted by Gasteiger charge is -2.30. The van der Waals surface area contributed by atoms with Gasteiger partial charge < -0.3 is 10.4 Å². The summed E-state index contributed by atoms with van der Waals surface area (Å²) in [6.07, 6.45) is 11.4. The van der Waals surface area contributed by atoms with Crippen molar-refractivity contribution in [2.24, 2.45) is 17.3 Å². The van der Waals surface area contributed by atoms with Crippen molar-refractivity contribution in [1.82, 2.24) is 5.32 Å². The van der Waals surface area contributed by atoms with Crippen LogP contribution in [-0.2, 0) is 0 Å². The van der Waals surface area contributed by atoms with Crippen LogP contribution in [0.3, 0.4) is 0 Å². The minimum absolute atomic E-state index is 0.0324. The Bertz CT molecular complexity index is 284. The van der Waals surface area contributed by atoms with Gasteiger partial charge in [0.1, 0.15) is 0 Å². The first-order chi connectivity index (χ1) is 9.45. The molecule has 4 atom stereocenters. The standard InChI is InChI=1S/C18H35NO/c1-18(2,3)15-7-5-8-16(11-10-15)19-13-14-6-4-9-17(20)12-14/h14-17,19-20H,4-13H2,1-3H3. The van der Waals surface area contributed by atoms with Crippen molar-refractivity contribution in [2.45, 2.75) is 90.7 Å². The van der Waals surface area contributed by atoms with Gasteiger partial charge in [-0.25, -0.2) is 0 Å². The van der Waals surface area contributed by atoms with E-state index in [2.05, 4.69) is 26.1 Å². The molecular weight excluding hydrogens is 246 g/mol. The highest BCUT2D eigenvalue weighted by Crippen LogP contribution is 2.36. The second kappa shape index (κ2) is 7.26. The predicted octanol–water partition coefficient (Wildman–Crippen LogP) is 4.12. The molecule has 2 aliphatic carbocycles. The maximum atomic E-state index is 9.76. The van der Waals surface area contributed by atoms with Crippen molar-refractivity contribution in [3.05, 3.63) is 0 Å². The lowest BCUT2D eigenvalue weighted by molar-refractivity contribution is 0.0993. The summed E-state index contributed by atoms with van der Waals surface area (Å²) in [5, 5.41) is 13.6. The minimum atomic E-state index is -0.0324. The Kier molecular flexibility index (Phi) is 5.92. The van der Waals surface area contributed by atoms with E-state index in [1.54, 1.807) is 0 Å². The van der Waals surface area contributed by atoms with Gasteiger partial charge in [0, 0.05) is 6.04 Å². The van der Waals surface area contributed by atoms with Crippen LogP contribution in [0.25, 0.3) is 0 Å². The molecule has 2 heteroatoms. The lowest BCUT2D eigenvalue weighted by atomic mass is 9.76. The van der Waals surface area contributed by atoms with Gasteiger partial charge in [-0.2, -0.15) is 0 Å². The molecule has 2 fully saturated rings. The van der Waals surface area contributed by atoms with Crippen molar-refractivity contribution in [2.75, 3.05) is 6.54 Å². The van der Waals surface area contributed by atoms with Crippen molar-refractivity contribution < 1.29 is 5.11 Å². The van der Waals surface area contributed by atoms with Gasteiger partial charge >= 0.3 is 0 Å². The monoisotopic (exact) mass is 281 g/mol. The summed E-state index contributed by atoms with van der Waals surface area (Å²) in [5.74, 6) is 1.60. The Morgan fingerprint density at radius 3 is 2.40 bits per heavy atom. The second-order valence-corrected chi connectivity index (χ2v) is 8.36. The van der Waals surface area contributed by atoms with E-state index in [0.29, 0.717) is 11.3 Å². The molecule has 2 saturated carbocycles. The Morgan fingerprint density at radius 2 is 1.70 bits per heavy atom. The maximum Gasteiger partial charge on any atom is 0.0543 e. The number of hydrogen-bond donors (Lipinski definition) is 2. The molecule has 0 amide bonds. The maximum absolute atomic E-state index is 9.76. The summed E-state index contributed by atoms with van der Waals surface area (Å²) in [6, 6.07) is 0.724. The molecule has 2 nitrogen and oxygen atoms in total. The second-order valence-electron chi connectivity index (χ2n) is 8.36. The normalized spacial score (nSPS) is 36.6. The first-order valence-electron chi connectivity index (χ1n) is 8.86. The molecule has 0 bridgehead atoms. The summed E-state index contributed by atoms with van der Waals surface area (Å²) < 4.78 is 0. The van der Waals surface area contributed by atoms with E-state index >= 15 is 0 Å². The average Bonchev–Trinajstić information content (AvgIpc) is 2.61. The molecule has 0 aromatic carbocycles. The molecule has 20 heavy (non-hydrogen) atoms. The van der Waals surface area contributed by atoms with E-state index in [1.165, 1.54) is 44.9 Å². The molecule has 0 aliphatic heterocycles. The zero-order valence-corrected chi connectivity index (χ0v) is 13.8. The zero-order valence-electron chi connectivity index (χ0n) is 13.8. The van der Waals surface area contributed by atoms with Gasteiger partial charge in [0.2, 0.25) is 0 Å². The van der Waals surface area contributed by atoms with Gasteiger partial charge in [0.15, 0.2) is 0 Å². The summed E-state index contributed by atoms with van der Waals surface area (Å²) in [5.41, 5.74) is 0.475. The third-order valence-electron chi connectivity index (χ3n) is 5.64. The molecule has 2 rings (SSSR count). The Labute approximate surface area is 125 Å². The zero-order chi connectivity index (χ0) is 14.6. The topological polar surface area (TPSA) is 32.3 Å². The number of hydrogen-bond acceptors (Lipinski definition) is 2. The number of nitrogens with one attached hydrogen (secondary N) is 1. The Morgan fingerprint density at radius 1 is 0.950 bits per heavy atom. The van der Waals surface area contributed by atoms with Crippen LogP contribution in [0.4, 0.5) is 0 Å². The fraction of sp³-hybridized carbons (Fsp3) is 1.00. The smallest absolute Gasteiger partial charge is 0.0543 e. The Hall–Kier alpha value is -0.0800. The predicted molar refractivity (Wildman–Crippen MR) is 85.8 cm³/mol. The molecular formula is C18H35NO. The van der Waals surface area contributed by atoms with Crippen LogP contribution in [0.2, 0.25) is 0 Å². The molecule has 0 aromatic heterocycles. The highest BCUT2D eigenvalue weighted by molar-refractivity contribution is 4.82. The molecule has 4 unspecified atom stereocenters. The molecule has 0 spiro atoms. The van der Waals surface area contributed by atoms with Crippen LogP contribution in [0.5, 0.6) is 0 Å². The highest BCUT2D eigenvalue weighted by Gasteiger charge is 2.28. The van der Waals surface area contributed by atoms with Crippen molar-refractivity contribution in [3.63, 3.8) is 0 Å². The number of rotatable bonds is 3. The molecule has 118 valence electrons. The van der Waals surface area contributed by atoms with Crippen molar-refractivity contribution >= 4 is 0 Å². The van der Waals surface area contributed by atoms with E-state index in [9.17, 15) is 5.11 Å². The van der Waals surface area contributed by atoms with Gasteiger partial charge in [-0.15, -0.1) is 0 Å². The van der Waals surface area contributed by atoms with Gasteiger partial charge in [-0.1, -0.05) is 33.6 Å². The molecule has 0 saturated heterocycles. The van der Waals surface area contributed by atoms with Gasteiger partial charge in [-0.05, 0) is 68.7 Å². The SMILES string of the molecule is CC(C)(C)C1CCCC(NCC2CCCC(O)C2)CC1. The van der Waals surface area contributed by atoms with E-state index < -0.39 is 0 Å². The quantitative estimate of drug-likeness (QED) is 0.763. The first-order valence-corrected chi connectivity index (χ1v) is 8.86. The molecule has 2 N–H and O–H groups in total. The van der Waals surface area contributed by atoms with E-state index in [1.807, 2.05) is 0 Å². The molecule has 0 radical (unpaired) electrons. The van der Waals surface area contributed by atoms with Crippen LogP contribution in [0.1, 0.15) is 78.6 Å². The summed E-state index contributed by atoms with van der Waals surface area (Å²) >= 11 is 0. The summed E-state index contributed by atoms with van der Waals surface area (Å²) in [4.78, 5) is 0. The lowest BCUT2D eigenvalue weighted by Crippen LogP contribution is -2.35. The third-order valence-corrected chi connectivity index (χ3v) is 5.64. The highest BCUT2D eigenvalue weighted by atomic mass is 16.3. The molecule has 2 aliphatic rings. The van der Waals surface area contributed by atoms with E-state index in [4.69, 9.17) is 0 Å². The fourth-order valence-electron chi connectivity index (χ4n) is 4.15. The van der Waals surface area contributed by atoms with Gasteiger partial charge in [-0.3, -0.25) is 0 Å². The minimum Gasteiger partial charge on any atom is -0.393 e. The van der Waals surface area contributed by atoms with Crippen LogP contribution < -0.4 is 5.32 Å². The van der Waals surface area contributed by atoms with Crippen molar-refractivity contribution in [1.29, 1.82) is 0 Å². The van der Waals surface area contributed by atoms with Crippen LogP contribution in [0, 0.1) is 17.3 Å². The average molecular weight is 281 g/mol. The first kappa shape index (κ1) is 16.3. The van der Waals surface area contributed by atoms with Gasteiger partial charge in [0.05, 0.1) is 6.10 Å². The number of aliphatic hydroxyl groups is 1. The fourth-order valence-corrected chi connectivity index (χ4v) is 4.15. The van der Waals surface area contributed by atoms with Gasteiger partial charge in [0.25, 0.3) is 0 Å². The molecule has 0 aromatic rings. The van der Waals surface area contributed by atoms with Crippen LogP contribution >= 0.6 is 0 Å². The van der Waals surface area contributed by atoms with E-state index in [-0.39, 0.29) is 6.10 Å². The van der Waals surface area contributed by atoms with Crippen molar-refractivity contribution in [3.8, 4) is 0 Å². The largest absolute Gasteiger partial charge is 0.393 e. The van der Waals surface area contributed by atoms with E-state index in [0.717, 1.165) is 31.3 Å². The van der Waals surface area contributed by atoms with Crippen LogP contribution in [-0.4, -0.2) is 23.8 Å². The van der Waals surface area contributed by atoms with Crippen LogP contribution in [0.15, 0.2) is 0 Å². The summed E-state index contributed by atoms with van der Waals surface area (Å²) in [6.45, 7) is 8.32. The third kappa shape index (κ3) is 5.04. The Balaban J connectivity index is 1.71. The molecule has 0 heterocycles. The summed E-state index contributed by atoms with van der Waals surface area (Å²) in [7, 11) is 0.